The molecule has 6 nitrogen and oxygen atoms in total. The summed E-state index contributed by atoms with van der Waals surface area (Å²) in [4.78, 5) is 20.4. The minimum absolute atomic E-state index is 0.00645. The van der Waals surface area contributed by atoms with Gasteiger partial charge in [-0.3, -0.25) is 4.79 Å². The van der Waals surface area contributed by atoms with Gasteiger partial charge in [0.15, 0.2) is 17.3 Å². The summed E-state index contributed by atoms with van der Waals surface area (Å²) in [5.41, 5.74) is 0.220. The number of benzene rings is 1. The Kier molecular flexibility index (Phi) is 4.32. The molecule has 0 aliphatic heterocycles. The number of carbonyl (C=O) groups is 1. The molecule has 0 N–H and O–H groups in total. The van der Waals surface area contributed by atoms with Crippen LogP contribution >= 0.6 is 0 Å². The SMILES string of the molecule is COc1cnc(C(=O)c2ccc(F)c(OC)c2)c(OC)n1. The topological polar surface area (TPSA) is 70.5 Å². The summed E-state index contributed by atoms with van der Waals surface area (Å²) in [6, 6.07) is 3.78. The van der Waals surface area contributed by atoms with E-state index >= 15 is 0 Å². The minimum Gasteiger partial charge on any atom is -0.494 e. The van der Waals surface area contributed by atoms with Gasteiger partial charge in [-0.25, -0.2) is 9.37 Å². The van der Waals surface area contributed by atoms with Crippen LogP contribution in [0.4, 0.5) is 4.39 Å². The van der Waals surface area contributed by atoms with Gasteiger partial charge < -0.3 is 14.2 Å². The van der Waals surface area contributed by atoms with Crippen LogP contribution in [0.25, 0.3) is 0 Å². The fourth-order valence-corrected chi connectivity index (χ4v) is 1.69. The first-order chi connectivity index (χ1) is 10.1. The van der Waals surface area contributed by atoms with E-state index in [1.54, 1.807) is 0 Å². The number of aromatic nitrogens is 2. The zero-order chi connectivity index (χ0) is 15.4. The molecule has 0 spiro atoms. The molecule has 0 fully saturated rings. The number of carbonyl (C=O) groups excluding carboxylic acids is 1. The normalized spacial score (nSPS) is 10.1. The maximum absolute atomic E-state index is 13.4. The molecule has 1 heterocycles. The van der Waals surface area contributed by atoms with E-state index in [0.29, 0.717) is 0 Å². The van der Waals surface area contributed by atoms with Gasteiger partial charge in [0.2, 0.25) is 17.5 Å². The first-order valence-electron chi connectivity index (χ1n) is 5.94. The molecule has 0 atom stereocenters. The van der Waals surface area contributed by atoms with Gasteiger partial charge in [-0.2, -0.15) is 4.98 Å². The highest BCUT2D eigenvalue weighted by atomic mass is 19.1. The molecule has 0 saturated heterocycles. The fourth-order valence-electron chi connectivity index (χ4n) is 1.69. The van der Waals surface area contributed by atoms with Gasteiger partial charge in [0.25, 0.3) is 0 Å². The number of methoxy groups -OCH3 is 3. The molecule has 2 rings (SSSR count). The lowest BCUT2D eigenvalue weighted by Crippen LogP contribution is -2.09. The van der Waals surface area contributed by atoms with E-state index < -0.39 is 11.6 Å². The zero-order valence-corrected chi connectivity index (χ0v) is 11.7. The Morgan fingerprint density at radius 3 is 2.52 bits per heavy atom. The Bertz CT molecular complexity index is 676. The second-order valence-corrected chi connectivity index (χ2v) is 3.95. The maximum atomic E-state index is 13.4. The molecule has 21 heavy (non-hydrogen) atoms. The molecule has 0 aliphatic rings. The summed E-state index contributed by atoms with van der Waals surface area (Å²) in [5, 5.41) is 0. The van der Waals surface area contributed by atoms with Crippen molar-refractivity contribution < 1.29 is 23.4 Å². The fraction of sp³-hybridized carbons (Fsp3) is 0.214. The molecule has 2 aromatic rings. The quantitative estimate of drug-likeness (QED) is 0.784. The van der Waals surface area contributed by atoms with Gasteiger partial charge in [-0.1, -0.05) is 0 Å². The lowest BCUT2D eigenvalue weighted by atomic mass is 10.1. The monoisotopic (exact) mass is 292 g/mol. The Balaban J connectivity index is 2.44. The maximum Gasteiger partial charge on any atom is 0.247 e. The van der Waals surface area contributed by atoms with Crippen LogP contribution in [0, 0.1) is 5.82 Å². The highest BCUT2D eigenvalue weighted by Gasteiger charge is 2.20. The first kappa shape index (κ1) is 14.7. The number of halogens is 1. The van der Waals surface area contributed by atoms with E-state index in [1.165, 1.54) is 39.7 Å². The number of ketones is 1. The third-order valence-corrected chi connectivity index (χ3v) is 2.75. The van der Waals surface area contributed by atoms with Crippen molar-refractivity contribution in [3.05, 3.63) is 41.5 Å². The third kappa shape index (κ3) is 2.91. The minimum atomic E-state index is -0.554. The molecule has 1 aromatic carbocycles. The van der Waals surface area contributed by atoms with Crippen molar-refractivity contribution in [1.82, 2.24) is 9.97 Å². The van der Waals surface area contributed by atoms with Crippen LogP contribution in [0.2, 0.25) is 0 Å². The van der Waals surface area contributed by atoms with E-state index in [4.69, 9.17) is 14.2 Å². The van der Waals surface area contributed by atoms with Gasteiger partial charge in [0, 0.05) is 5.56 Å². The molecule has 0 unspecified atom stereocenters. The van der Waals surface area contributed by atoms with Crippen LogP contribution in [-0.2, 0) is 0 Å². The van der Waals surface area contributed by atoms with Gasteiger partial charge in [-0.15, -0.1) is 0 Å². The Morgan fingerprint density at radius 1 is 1.14 bits per heavy atom. The van der Waals surface area contributed by atoms with Crippen molar-refractivity contribution in [3.63, 3.8) is 0 Å². The smallest absolute Gasteiger partial charge is 0.247 e. The van der Waals surface area contributed by atoms with Crippen LogP contribution in [0.3, 0.4) is 0 Å². The van der Waals surface area contributed by atoms with Crippen molar-refractivity contribution in [3.8, 4) is 17.5 Å². The lowest BCUT2D eigenvalue weighted by Gasteiger charge is -2.08. The van der Waals surface area contributed by atoms with Crippen LogP contribution in [-0.4, -0.2) is 37.1 Å². The number of hydrogen-bond donors (Lipinski definition) is 0. The Morgan fingerprint density at radius 2 is 1.90 bits per heavy atom. The molecule has 0 aliphatic carbocycles. The van der Waals surface area contributed by atoms with Crippen LogP contribution < -0.4 is 14.2 Å². The zero-order valence-electron chi connectivity index (χ0n) is 11.7. The molecule has 0 bridgehead atoms. The van der Waals surface area contributed by atoms with Gasteiger partial charge in [0.05, 0.1) is 27.5 Å². The van der Waals surface area contributed by atoms with Crippen molar-refractivity contribution in [2.45, 2.75) is 0 Å². The number of nitrogens with zero attached hydrogens (tertiary/aromatic N) is 2. The summed E-state index contributed by atoms with van der Waals surface area (Å²) in [7, 11) is 4.11. The summed E-state index contributed by atoms with van der Waals surface area (Å²) in [5.74, 6) is -0.786. The number of rotatable bonds is 5. The average molecular weight is 292 g/mol. The summed E-state index contributed by atoms with van der Waals surface area (Å²) in [6.45, 7) is 0. The molecule has 7 heteroatoms. The second kappa shape index (κ2) is 6.17. The lowest BCUT2D eigenvalue weighted by molar-refractivity contribution is 0.102. The second-order valence-electron chi connectivity index (χ2n) is 3.95. The standard InChI is InChI=1S/C14H13FN2O4/c1-19-10-6-8(4-5-9(10)15)13(18)12-14(21-3)17-11(20-2)7-16-12/h4-7H,1-3H3. The molecule has 110 valence electrons. The third-order valence-electron chi connectivity index (χ3n) is 2.75. The molecular weight excluding hydrogens is 279 g/mol. The predicted octanol–water partition coefficient (Wildman–Crippen LogP) is 1.87. The Hall–Kier alpha value is -2.70. The van der Waals surface area contributed by atoms with Crippen molar-refractivity contribution >= 4 is 5.78 Å². The largest absolute Gasteiger partial charge is 0.494 e. The van der Waals surface area contributed by atoms with Crippen LogP contribution in [0.15, 0.2) is 24.4 Å². The number of ether oxygens (including phenoxy) is 3. The van der Waals surface area contributed by atoms with Crippen LogP contribution in [0.5, 0.6) is 17.5 Å². The van der Waals surface area contributed by atoms with E-state index in [-0.39, 0.29) is 28.8 Å². The molecule has 0 saturated carbocycles. The summed E-state index contributed by atoms with van der Waals surface area (Å²) >= 11 is 0. The van der Waals surface area contributed by atoms with Gasteiger partial charge in [0.1, 0.15) is 0 Å². The van der Waals surface area contributed by atoms with Crippen molar-refractivity contribution in [2.75, 3.05) is 21.3 Å². The van der Waals surface area contributed by atoms with Crippen LogP contribution in [0.1, 0.15) is 16.1 Å². The average Bonchev–Trinajstić information content (AvgIpc) is 2.54. The first-order valence-corrected chi connectivity index (χ1v) is 5.94. The van der Waals surface area contributed by atoms with E-state index in [1.807, 2.05) is 0 Å². The van der Waals surface area contributed by atoms with Crippen molar-refractivity contribution in [2.24, 2.45) is 0 Å². The highest BCUT2D eigenvalue weighted by Crippen LogP contribution is 2.23. The van der Waals surface area contributed by atoms with E-state index in [2.05, 4.69) is 9.97 Å². The van der Waals surface area contributed by atoms with Crippen molar-refractivity contribution in [1.29, 1.82) is 0 Å². The molecular formula is C14H13FN2O4. The summed E-state index contributed by atoms with van der Waals surface area (Å²) in [6.07, 6.45) is 1.30. The van der Waals surface area contributed by atoms with E-state index in [0.717, 1.165) is 6.07 Å². The predicted molar refractivity (Wildman–Crippen MR) is 71.5 cm³/mol. The molecule has 0 radical (unpaired) electrons. The molecule has 0 amide bonds. The van der Waals surface area contributed by atoms with Gasteiger partial charge in [-0.05, 0) is 18.2 Å². The van der Waals surface area contributed by atoms with Gasteiger partial charge >= 0.3 is 0 Å². The summed E-state index contributed by atoms with van der Waals surface area (Å²) < 4.78 is 28.2. The highest BCUT2D eigenvalue weighted by molar-refractivity contribution is 6.09. The number of hydrogen-bond acceptors (Lipinski definition) is 6. The van der Waals surface area contributed by atoms with E-state index in [9.17, 15) is 9.18 Å². The Labute approximate surface area is 120 Å². The molecule has 1 aromatic heterocycles.